The van der Waals surface area contributed by atoms with E-state index in [9.17, 15) is 14.9 Å². The Hall–Kier alpha value is -4.80. The summed E-state index contributed by atoms with van der Waals surface area (Å²) < 4.78 is 0. The van der Waals surface area contributed by atoms with Crippen LogP contribution in [0.4, 0.5) is 5.69 Å². The molecule has 0 aliphatic rings. The maximum Gasteiger partial charge on any atom is 0.269 e. The number of hydrogen-bond acceptors (Lipinski definition) is 6. The Kier molecular flexibility index (Phi) is 6.91. The maximum absolute atomic E-state index is 12.0. The van der Waals surface area contributed by atoms with E-state index in [1.165, 1.54) is 36.4 Å². The first-order chi connectivity index (χ1) is 14.0. The number of hydrogen-bond donors (Lipinski definition) is 0. The van der Waals surface area contributed by atoms with Gasteiger partial charge in [-0.1, -0.05) is 30.3 Å². The summed E-state index contributed by atoms with van der Waals surface area (Å²) in [4.78, 5) is 21.9. The summed E-state index contributed by atoms with van der Waals surface area (Å²) in [7, 11) is 0. The van der Waals surface area contributed by atoms with Crippen molar-refractivity contribution in [3.05, 3.63) is 111 Å². The molecule has 0 aromatic heterocycles. The molecular weight excluding hydrogens is 368 g/mol. The van der Waals surface area contributed by atoms with E-state index in [1.54, 1.807) is 24.3 Å². The summed E-state index contributed by atoms with van der Waals surface area (Å²) in [5.41, 5.74) is 1.73. The van der Waals surface area contributed by atoms with E-state index < -0.39 is 4.92 Å². The number of nitrogens with zero attached hydrogens (tertiary/aromatic N) is 4. The molecule has 0 aliphatic heterocycles. The fourth-order valence-electron chi connectivity index (χ4n) is 2.25. The van der Waals surface area contributed by atoms with Crippen LogP contribution in [0.3, 0.4) is 0 Å². The van der Waals surface area contributed by atoms with Gasteiger partial charge in [-0.3, -0.25) is 14.9 Å². The highest BCUT2D eigenvalue weighted by Gasteiger charge is 2.10. The molecule has 0 spiro atoms. The van der Waals surface area contributed by atoms with Gasteiger partial charge in [0.15, 0.2) is 5.78 Å². The molecule has 0 fully saturated rings. The summed E-state index contributed by atoms with van der Waals surface area (Å²) in [6.45, 7) is 0. The quantitative estimate of drug-likeness (QED) is 0.385. The number of non-ortho nitro benzene ring substituents is 1. The van der Waals surface area contributed by atoms with Crippen molar-refractivity contribution in [1.29, 1.82) is 15.8 Å². The zero-order valence-corrected chi connectivity index (χ0v) is 14.9. The van der Waals surface area contributed by atoms with Crippen molar-refractivity contribution < 1.29 is 9.72 Å². The van der Waals surface area contributed by atoms with E-state index in [4.69, 9.17) is 15.8 Å². The Bertz CT molecular complexity index is 1090. The summed E-state index contributed by atoms with van der Waals surface area (Å²) >= 11 is 0. The van der Waals surface area contributed by atoms with E-state index in [2.05, 4.69) is 6.07 Å². The largest absolute Gasteiger partial charge is 0.289 e. The van der Waals surface area contributed by atoms with Crippen LogP contribution in [0, 0.1) is 50.2 Å². The van der Waals surface area contributed by atoms with Gasteiger partial charge in [0.1, 0.15) is 0 Å². The lowest BCUT2D eigenvalue weighted by atomic mass is 10.0. The zero-order chi connectivity index (χ0) is 21.2. The molecule has 1 radical (unpaired) electrons. The molecule has 0 heterocycles. The molecule has 3 rings (SSSR count). The van der Waals surface area contributed by atoms with E-state index in [1.807, 2.05) is 24.3 Å². The second-order valence-electron chi connectivity index (χ2n) is 5.53. The van der Waals surface area contributed by atoms with Gasteiger partial charge >= 0.3 is 0 Å². The molecule has 0 amide bonds. The third kappa shape index (κ3) is 5.59. The van der Waals surface area contributed by atoms with Crippen LogP contribution in [0.15, 0.2) is 66.7 Å². The van der Waals surface area contributed by atoms with E-state index >= 15 is 0 Å². The highest BCUT2D eigenvalue weighted by atomic mass is 16.6. The monoisotopic (exact) mass is 379 g/mol. The topological polar surface area (TPSA) is 132 Å². The predicted octanol–water partition coefficient (Wildman–Crippen LogP) is 3.93. The van der Waals surface area contributed by atoms with Crippen LogP contribution < -0.4 is 0 Å². The van der Waals surface area contributed by atoms with E-state index in [0.717, 1.165) is 0 Å². The molecule has 0 unspecified atom stereocenters. The van der Waals surface area contributed by atoms with Crippen molar-refractivity contribution in [2.45, 2.75) is 0 Å². The average Bonchev–Trinajstić information content (AvgIpc) is 2.79. The normalized spacial score (nSPS) is 9.00. The minimum absolute atomic E-state index is 0.0189. The van der Waals surface area contributed by atoms with Gasteiger partial charge in [-0.2, -0.15) is 15.8 Å². The number of nitriles is 3. The first-order valence-electron chi connectivity index (χ1n) is 8.10. The number of benzene rings is 3. The van der Waals surface area contributed by atoms with Gasteiger partial charge in [-0.15, -0.1) is 0 Å². The van der Waals surface area contributed by atoms with E-state index in [0.29, 0.717) is 16.7 Å². The van der Waals surface area contributed by atoms with Gasteiger partial charge < -0.3 is 0 Å². The van der Waals surface area contributed by atoms with Crippen molar-refractivity contribution in [1.82, 2.24) is 0 Å². The first-order valence-corrected chi connectivity index (χ1v) is 8.10. The lowest BCUT2D eigenvalue weighted by Gasteiger charge is -2.00. The highest BCUT2D eigenvalue weighted by molar-refractivity contribution is 6.09. The van der Waals surface area contributed by atoms with Gasteiger partial charge in [0, 0.05) is 29.3 Å². The van der Waals surface area contributed by atoms with Crippen molar-refractivity contribution in [3.63, 3.8) is 0 Å². The molecule has 0 bridgehead atoms. The van der Waals surface area contributed by atoms with Crippen LogP contribution in [0.1, 0.15) is 32.6 Å². The summed E-state index contributed by atoms with van der Waals surface area (Å²) in [5, 5.41) is 35.9. The number of nitro benzene ring substituents is 1. The van der Waals surface area contributed by atoms with Crippen LogP contribution in [-0.4, -0.2) is 10.7 Å². The molecule has 0 aliphatic carbocycles. The second kappa shape index (κ2) is 9.78. The Morgan fingerprint density at radius 3 is 1.79 bits per heavy atom. The third-order valence-electron chi connectivity index (χ3n) is 3.62. The van der Waals surface area contributed by atoms with Crippen LogP contribution in [0.5, 0.6) is 0 Å². The summed E-state index contributed by atoms with van der Waals surface area (Å²) in [6, 6.07) is 25.2. The Morgan fingerprint density at radius 1 is 0.828 bits per heavy atom. The number of ketones is 1. The van der Waals surface area contributed by atoms with Gasteiger partial charge in [0.25, 0.3) is 5.69 Å². The van der Waals surface area contributed by atoms with Crippen LogP contribution in [0.2, 0.25) is 0 Å². The summed E-state index contributed by atoms with van der Waals surface area (Å²) in [5.74, 6) is -0.138. The van der Waals surface area contributed by atoms with Crippen LogP contribution >= 0.6 is 0 Å². The molecule has 0 saturated heterocycles. The molecule has 3 aromatic rings. The molecule has 3 aromatic carbocycles. The maximum atomic E-state index is 12.0. The fourth-order valence-corrected chi connectivity index (χ4v) is 2.25. The minimum Gasteiger partial charge on any atom is -0.289 e. The molecule has 0 atom stereocenters. The summed E-state index contributed by atoms with van der Waals surface area (Å²) in [6.07, 6.45) is 0. The van der Waals surface area contributed by atoms with Crippen molar-refractivity contribution in [3.8, 4) is 18.2 Å². The Labute approximate surface area is 166 Å². The highest BCUT2D eigenvalue weighted by Crippen LogP contribution is 2.15. The minimum atomic E-state index is -0.489. The van der Waals surface area contributed by atoms with Gasteiger partial charge in [0.2, 0.25) is 0 Å². The molecular formula is C22H11N4O3. The van der Waals surface area contributed by atoms with Crippen molar-refractivity contribution in [2.75, 3.05) is 0 Å². The molecule has 7 nitrogen and oxygen atoms in total. The van der Waals surface area contributed by atoms with Crippen LogP contribution in [-0.2, 0) is 0 Å². The SMILES string of the molecule is N#Cc1[c]c(C#N)cc(C#N)c1.O=C(c1ccccc1)c1ccc([N+](=O)[O-])cc1. The first kappa shape index (κ1) is 20.5. The smallest absolute Gasteiger partial charge is 0.269 e. The molecule has 0 saturated carbocycles. The van der Waals surface area contributed by atoms with E-state index in [-0.39, 0.29) is 22.6 Å². The van der Waals surface area contributed by atoms with Gasteiger partial charge in [0.05, 0.1) is 39.8 Å². The molecule has 7 heteroatoms. The number of rotatable bonds is 3. The van der Waals surface area contributed by atoms with Crippen molar-refractivity contribution in [2.24, 2.45) is 0 Å². The Balaban J connectivity index is 0.000000221. The molecule has 0 N–H and O–H groups in total. The second-order valence-corrected chi connectivity index (χ2v) is 5.53. The lowest BCUT2D eigenvalue weighted by molar-refractivity contribution is -0.384. The zero-order valence-electron chi connectivity index (χ0n) is 14.9. The predicted molar refractivity (Wildman–Crippen MR) is 102 cm³/mol. The number of nitro groups is 1. The number of carbonyl (C=O) groups is 1. The van der Waals surface area contributed by atoms with Gasteiger partial charge in [-0.25, -0.2) is 0 Å². The van der Waals surface area contributed by atoms with Crippen LogP contribution in [0.25, 0.3) is 0 Å². The Morgan fingerprint density at radius 2 is 1.34 bits per heavy atom. The molecule has 137 valence electrons. The van der Waals surface area contributed by atoms with Gasteiger partial charge in [-0.05, 0) is 24.3 Å². The van der Waals surface area contributed by atoms with Crippen molar-refractivity contribution >= 4 is 11.5 Å². The lowest BCUT2D eigenvalue weighted by Crippen LogP contribution is -2.00. The average molecular weight is 379 g/mol. The third-order valence-corrected chi connectivity index (χ3v) is 3.62. The fraction of sp³-hybridized carbons (Fsp3) is 0. The number of carbonyl (C=O) groups excluding carboxylic acids is 1. The molecule has 29 heavy (non-hydrogen) atoms. The standard InChI is InChI=1S/C13H9NO3.C9H2N3/c15-13(10-4-2-1-3-5-10)11-6-8-12(9-7-11)14(16)17;10-4-7-1-8(5-11)3-9(2-7)6-12/h1-9H;1-2H.